The van der Waals surface area contributed by atoms with Crippen molar-refractivity contribution in [1.29, 1.82) is 0 Å². The van der Waals surface area contributed by atoms with Gasteiger partial charge in [0.15, 0.2) is 0 Å². The molecule has 6 heteroatoms. The number of Topliss-reactive ketones (excluding diaryl/α,β-unsaturated/α-hetero) is 1. The van der Waals surface area contributed by atoms with Gasteiger partial charge >= 0.3 is 5.97 Å². The molecule has 0 aromatic heterocycles. The predicted molar refractivity (Wildman–Crippen MR) is 59.7 cm³/mol. The average Bonchev–Trinajstić information content (AvgIpc) is 2.62. The van der Waals surface area contributed by atoms with Gasteiger partial charge in [0.05, 0.1) is 18.4 Å². The first-order valence-electron chi connectivity index (χ1n) is 5.23. The van der Waals surface area contributed by atoms with Crippen molar-refractivity contribution in [3.63, 3.8) is 0 Å². The van der Waals surface area contributed by atoms with Crippen LogP contribution >= 0.6 is 0 Å². The Hall–Kier alpha value is -2.24. The van der Waals surface area contributed by atoms with Gasteiger partial charge < -0.3 is 4.74 Å². The predicted octanol–water partition coefficient (Wildman–Crippen LogP) is 0.916. The molecule has 0 aliphatic carbocycles. The van der Waals surface area contributed by atoms with Crippen LogP contribution in [0, 0.1) is 5.82 Å². The number of carbonyl (C=O) groups excluding carboxylic acids is 3. The van der Waals surface area contributed by atoms with Gasteiger partial charge in [-0.15, -0.1) is 0 Å². The van der Waals surface area contributed by atoms with Gasteiger partial charge in [-0.05, 0) is 19.1 Å². The molecule has 18 heavy (non-hydrogen) atoms. The third-order valence-corrected chi connectivity index (χ3v) is 2.81. The number of rotatable bonds is 2. The smallest absolute Gasteiger partial charge is 0.328 e. The maximum Gasteiger partial charge on any atom is 0.328 e. The summed E-state index contributed by atoms with van der Waals surface area (Å²) in [5.41, 5.74) is -0.193. The first-order valence-corrected chi connectivity index (χ1v) is 5.23. The number of anilines is 1. The van der Waals surface area contributed by atoms with Gasteiger partial charge in [-0.3, -0.25) is 14.5 Å². The normalized spacial score (nSPS) is 15.6. The van der Waals surface area contributed by atoms with E-state index in [-0.39, 0.29) is 11.3 Å². The van der Waals surface area contributed by atoms with E-state index in [1.807, 2.05) is 0 Å². The van der Waals surface area contributed by atoms with E-state index in [0.29, 0.717) is 0 Å². The molecule has 2 rings (SSSR count). The number of carbonyl (C=O) groups is 3. The Bertz CT molecular complexity index is 555. The fourth-order valence-corrected chi connectivity index (χ4v) is 1.92. The van der Waals surface area contributed by atoms with Crippen LogP contribution in [0.1, 0.15) is 17.3 Å². The molecule has 0 fully saturated rings. The lowest BCUT2D eigenvalue weighted by Gasteiger charge is -2.22. The minimum absolute atomic E-state index is 0.0317. The summed E-state index contributed by atoms with van der Waals surface area (Å²) in [5, 5.41) is 0. The topological polar surface area (TPSA) is 63.7 Å². The third-order valence-electron chi connectivity index (χ3n) is 2.81. The fourth-order valence-electron chi connectivity index (χ4n) is 1.92. The first-order chi connectivity index (χ1) is 8.49. The lowest BCUT2D eigenvalue weighted by atomic mass is 10.1. The summed E-state index contributed by atoms with van der Waals surface area (Å²) in [7, 11) is 1.16. The highest BCUT2D eigenvalue weighted by atomic mass is 19.1. The van der Waals surface area contributed by atoms with Crippen LogP contribution in [-0.2, 0) is 14.3 Å². The minimum Gasteiger partial charge on any atom is -0.467 e. The van der Waals surface area contributed by atoms with Crippen molar-refractivity contribution in [3.05, 3.63) is 29.6 Å². The molecule has 1 aromatic carbocycles. The second kappa shape index (κ2) is 4.21. The summed E-state index contributed by atoms with van der Waals surface area (Å²) in [6, 6.07) is 2.76. The highest BCUT2D eigenvalue weighted by Crippen LogP contribution is 2.33. The van der Waals surface area contributed by atoms with Crippen LogP contribution in [0.2, 0.25) is 0 Å². The Morgan fingerprint density at radius 2 is 2.06 bits per heavy atom. The summed E-state index contributed by atoms with van der Waals surface area (Å²) in [4.78, 5) is 35.7. The molecular formula is C12H10FNO4. The number of methoxy groups -OCH3 is 1. The zero-order chi connectivity index (χ0) is 13.4. The Kier molecular flexibility index (Phi) is 2.86. The van der Waals surface area contributed by atoms with Gasteiger partial charge in [-0.1, -0.05) is 6.07 Å². The lowest BCUT2D eigenvalue weighted by Crippen LogP contribution is -2.43. The summed E-state index contributed by atoms with van der Waals surface area (Å²) < 4.78 is 18.2. The molecule has 1 atom stereocenters. The zero-order valence-corrected chi connectivity index (χ0v) is 9.77. The first kappa shape index (κ1) is 12.2. The van der Waals surface area contributed by atoms with Crippen molar-refractivity contribution >= 4 is 23.3 Å². The maximum atomic E-state index is 13.7. The van der Waals surface area contributed by atoms with E-state index >= 15 is 0 Å². The Morgan fingerprint density at radius 3 is 2.67 bits per heavy atom. The van der Waals surface area contributed by atoms with Gasteiger partial charge in [-0.2, -0.15) is 0 Å². The van der Waals surface area contributed by atoms with E-state index in [9.17, 15) is 18.8 Å². The summed E-state index contributed by atoms with van der Waals surface area (Å²) in [5.74, 6) is -3.18. The molecule has 0 spiro atoms. The van der Waals surface area contributed by atoms with Crippen LogP contribution < -0.4 is 4.90 Å². The van der Waals surface area contributed by atoms with E-state index < -0.39 is 29.5 Å². The van der Waals surface area contributed by atoms with Crippen molar-refractivity contribution in [1.82, 2.24) is 0 Å². The molecule has 1 amide bonds. The summed E-state index contributed by atoms with van der Waals surface area (Å²) >= 11 is 0. The SMILES string of the molecule is COC(=O)C(C)N1C(=O)C(=O)c2cccc(F)c21. The number of fused-ring (bicyclic) bond motifs is 1. The number of amides is 1. The van der Waals surface area contributed by atoms with E-state index in [2.05, 4.69) is 4.74 Å². The number of halogens is 1. The Labute approximate surface area is 102 Å². The molecule has 0 N–H and O–H groups in total. The van der Waals surface area contributed by atoms with E-state index in [1.54, 1.807) is 0 Å². The Morgan fingerprint density at radius 1 is 1.39 bits per heavy atom. The number of hydrogen-bond acceptors (Lipinski definition) is 4. The molecule has 5 nitrogen and oxygen atoms in total. The highest BCUT2D eigenvalue weighted by Gasteiger charge is 2.42. The molecular weight excluding hydrogens is 241 g/mol. The van der Waals surface area contributed by atoms with Gasteiger partial charge in [0.2, 0.25) is 0 Å². The fraction of sp³-hybridized carbons (Fsp3) is 0.250. The zero-order valence-electron chi connectivity index (χ0n) is 9.77. The van der Waals surface area contributed by atoms with E-state index in [1.165, 1.54) is 19.1 Å². The van der Waals surface area contributed by atoms with Gasteiger partial charge in [0.1, 0.15) is 11.9 Å². The van der Waals surface area contributed by atoms with Crippen molar-refractivity contribution in [2.45, 2.75) is 13.0 Å². The standard InChI is InChI=1S/C12H10FNO4/c1-6(12(17)18-2)14-9-7(10(15)11(14)16)4-3-5-8(9)13/h3-6H,1-2H3. The van der Waals surface area contributed by atoms with Gasteiger partial charge in [0.25, 0.3) is 11.7 Å². The molecule has 94 valence electrons. The molecule has 0 saturated carbocycles. The quantitative estimate of drug-likeness (QED) is 0.579. The lowest BCUT2D eigenvalue weighted by molar-refractivity contribution is -0.142. The van der Waals surface area contributed by atoms with Crippen molar-refractivity contribution in [2.75, 3.05) is 12.0 Å². The number of para-hydroxylation sites is 1. The molecule has 1 heterocycles. The molecule has 1 unspecified atom stereocenters. The number of benzene rings is 1. The molecule has 1 aliphatic heterocycles. The van der Waals surface area contributed by atoms with Gasteiger partial charge in [0, 0.05) is 0 Å². The maximum absolute atomic E-state index is 13.7. The van der Waals surface area contributed by atoms with Crippen LogP contribution in [0.25, 0.3) is 0 Å². The summed E-state index contributed by atoms with van der Waals surface area (Å²) in [6.07, 6.45) is 0. The number of ether oxygens (including phenoxy) is 1. The van der Waals surface area contributed by atoms with Gasteiger partial charge in [-0.25, -0.2) is 9.18 Å². The number of ketones is 1. The highest BCUT2D eigenvalue weighted by molar-refractivity contribution is 6.52. The molecule has 1 aliphatic rings. The second-order valence-electron chi connectivity index (χ2n) is 3.84. The Balaban J connectivity index is 2.55. The van der Waals surface area contributed by atoms with Crippen LogP contribution in [0.15, 0.2) is 18.2 Å². The monoisotopic (exact) mass is 251 g/mol. The van der Waals surface area contributed by atoms with Crippen molar-refractivity contribution in [2.24, 2.45) is 0 Å². The van der Waals surface area contributed by atoms with Crippen molar-refractivity contribution in [3.8, 4) is 0 Å². The molecule has 1 aromatic rings. The van der Waals surface area contributed by atoms with Crippen LogP contribution in [-0.4, -0.2) is 30.8 Å². The molecule has 0 bridgehead atoms. The second-order valence-corrected chi connectivity index (χ2v) is 3.84. The van der Waals surface area contributed by atoms with E-state index in [0.717, 1.165) is 18.1 Å². The van der Waals surface area contributed by atoms with Crippen LogP contribution in [0.4, 0.5) is 10.1 Å². The van der Waals surface area contributed by atoms with E-state index in [4.69, 9.17) is 0 Å². The van der Waals surface area contributed by atoms with Crippen LogP contribution in [0.3, 0.4) is 0 Å². The average molecular weight is 251 g/mol. The van der Waals surface area contributed by atoms with Crippen LogP contribution in [0.5, 0.6) is 0 Å². The number of nitrogens with zero attached hydrogens (tertiary/aromatic N) is 1. The number of hydrogen-bond donors (Lipinski definition) is 0. The number of esters is 1. The largest absolute Gasteiger partial charge is 0.467 e. The van der Waals surface area contributed by atoms with Crippen molar-refractivity contribution < 1.29 is 23.5 Å². The molecule has 0 radical (unpaired) electrons. The molecule has 0 saturated heterocycles. The third kappa shape index (κ3) is 1.57. The minimum atomic E-state index is -1.05. The summed E-state index contributed by atoms with van der Waals surface area (Å²) in [6.45, 7) is 1.37.